The van der Waals surface area contributed by atoms with Gasteiger partial charge in [-0.15, -0.1) is 0 Å². The molecule has 1 aromatic carbocycles. The Bertz CT molecular complexity index is 853. The fourth-order valence-electron chi connectivity index (χ4n) is 3.08. The molecule has 26 heavy (non-hydrogen) atoms. The first-order chi connectivity index (χ1) is 12.6. The molecule has 0 bridgehead atoms. The first-order valence-electron chi connectivity index (χ1n) is 8.18. The lowest BCUT2D eigenvalue weighted by Crippen LogP contribution is -2.66. The molecule has 2 saturated heterocycles. The van der Waals surface area contributed by atoms with Gasteiger partial charge in [-0.3, -0.25) is 0 Å². The van der Waals surface area contributed by atoms with Crippen molar-refractivity contribution in [3.8, 4) is 5.75 Å². The number of benzene rings is 1. The molecule has 0 atom stereocenters. The van der Waals surface area contributed by atoms with Gasteiger partial charge in [-0.2, -0.15) is 4.98 Å². The Balaban J connectivity index is 1.38. The molecule has 4 rings (SSSR count). The van der Waals surface area contributed by atoms with Crippen LogP contribution in [0.1, 0.15) is 0 Å². The van der Waals surface area contributed by atoms with Crippen LogP contribution in [0.3, 0.4) is 0 Å². The van der Waals surface area contributed by atoms with Crippen LogP contribution < -0.4 is 15.0 Å². The zero-order valence-corrected chi connectivity index (χ0v) is 13.9. The highest BCUT2D eigenvalue weighted by atomic mass is 19.1. The molecule has 3 heterocycles. The minimum Gasteiger partial charge on any atom is -0.489 e. The van der Waals surface area contributed by atoms with Crippen LogP contribution in [0.5, 0.6) is 5.75 Å². The van der Waals surface area contributed by atoms with Gasteiger partial charge >= 0.3 is 6.09 Å². The third-order valence-corrected chi connectivity index (χ3v) is 4.53. The third kappa shape index (κ3) is 3.17. The third-order valence-electron chi connectivity index (χ3n) is 4.53. The lowest BCUT2D eigenvalue weighted by atomic mass is 9.78. The van der Waals surface area contributed by atoms with Crippen LogP contribution in [0.25, 0.3) is 11.1 Å². The quantitative estimate of drug-likeness (QED) is 0.812. The number of hydrogen-bond acceptors (Lipinski definition) is 6. The average molecular weight is 363 g/mol. The van der Waals surface area contributed by atoms with Crippen LogP contribution in [-0.2, 0) is 4.74 Å². The predicted molar refractivity (Wildman–Crippen MR) is 90.2 cm³/mol. The summed E-state index contributed by atoms with van der Waals surface area (Å²) in [6.07, 6.45) is -0.883. The van der Waals surface area contributed by atoms with Crippen molar-refractivity contribution in [3.05, 3.63) is 30.1 Å². The summed E-state index contributed by atoms with van der Waals surface area (Å²) < 4.78 is 29.4. The minimum absolute atomic E-state index is 0.0715. The molecule has 8 nitrogen and oxygen atoms in total. The van der Waals surface area contributed by atoms with Crippen molar-refractivity contribution in [2.24, 2.45) is 5.41 Å². The molecule has 2 N–H and O–H groups in total. The van der Waals surface area contributed by atoms with Crippen molar-refractivity contribution >= 4 is 23.2 Å². The van der Waals surface area contributed by atoms with Crippen molar-refractivity contribution in [1.29, 1.82) is 0 Å². The van der Waals surface area contributed by atoms with E-state index in [1.165, 1.54) is 0 Å². The smallest absolute Gasteiger partial charge is 0.404 e. The van der Waals surface area contributed by atoms with Crippen molar-refractivity contribution in [2.45, 2.75) is 0 Å². The monoisotopic (exact) mass is 363 g/mol. The maximum absolute atomic E-state index is 12.8. The molecule has 0 radical (unpaired) electrons. The van der Waals surface area contributed by atoms with Crippen LogP contribution >= 0.6 is 0 Å². The van der Waals surface area contributed by atoms with E-state index in [4.69, 9.17) is 19.0 Å². The van der Waals surface area contributed by atoms with Gasteiger partial charge in [0.15, 0.2) is 5.58 Å². The average Bonchev–Trinajstić information content (AvgIpc) is 2.95. The van der Waals surface area contributed by atoms with E-state index in [0.717, 1.165) is 26.3 Å². The van der Waals surface area contributed by atoms with Gasteiger partial charge in [0.25, 0.3) is 6.01 Å². The number of carbonyl (C=O) groups is 1. The van der Waals surface area contributed by atoms with E-state index in [2.05, 4.69) is 15.2 Å². The summed E-state index contributed by atoms with van der Waals surface area (Å²) in [5, 5.41) is 10.6. The fraction of sp³-hybridized carbons (Fsp3) is 0.412. The van der Waals surface area contributed by atoms with Gasteiger partial charge < -0.3 is 29.2 Å². The molecule has 2 aliphatic heterocycles. The van der Waals surface area contributed by atoms with E-state index in [0.29, 0.717) is 29.2 Å². The van der Waals surface area contributed by atoms with Gasteiger partial charge in [-0.1, -0.05) is 0 Å². The summed E-state index contributed by atoms with van der Waals surface area (Å²) in [5.74, 6) is 0.488. The predicted octanol–water partition coefficient (Wildman–Crippen LogP) is 2.16. The van der Waals surface area contributed by atoms with Crippen molar-refractivity contribution < 1.29 is 28.2 Å². The number of aromatic nitrogens is 1. The van der Waals surface area contributed by atoms with Gasteiger partial charge in [0.05, 0.1) is 25.0 Å². The second kappa shape index (κ2) is 6.49. The molecule has 2 fully saturated rings. The van der Waals surface area contributed by atoms with Gasteiger partial charge in [-0.25, -0.2) is 9.18 Å². The van der Waals surface area contributed by atoms with Crippen molar-refractivity contribution in [1.82, 2.24) is 10.3 Å². The first-order valence-corrected chi connectivity index (χ1v) is 8.18. The number of amides is 1. The van der Waals surface area contributed by atoms with Crippen LogP contribution in [-0.4, -0.2) is 55.6 Å². The zero-order chi connectivity index (χ0) is 18.1. The van der Waals surface area contributed by atoms with E-state index in [9.17, 15) is 9.18 Å². The molecule has 2 aliphatic rings. The normalized spacial score (nSPS) is 18.5. The SMILES string of the molecule is O=C(O)NCC(=CF)COc1ccc2nc(N3CC4(COC4)C3)oc2c1. The Morgan fingerprint density at radius 1 is 1.46 bits per heavy atom. The number of anilines is 1. The number of ether oxygens (including phenoxy) is 2. The van der Waals surface area contributed by atoms with Crippen LogP contribution in [0, 0.1) is 5.41 Å². The molecule has 2 aromatic rings. The summed E-state index contributed by atoms with van der Waals surface area (Å²) in [5.41, 5.74) is 1.75. The van der Waals surface area contributed by atoms with E-state index < -0.39 is 6.09 Å². The van der Waals surface area contributed by atoms with Crippen LogP contribution in [0.15, 0.2) is 34.5 Å². The first kappa shape index (κ1) is 16.6. The largest absolute Gasteiger partial charge is 0.489 e. The Kier molecular flexibility index (Phi) is 4.15. The maximum Gasteiger partial charge on any atom is 0.404 e. The number of nitrogens with one attached hydrogen (secondary N) is 1. The second-order valence-corrected chi connectivity index (χ2v) is 6.69. The number of halogens is 1. The second-order valence-electron chi connectivity index (χ2n) is 6.69. The fourth-order valence-corrected chi connectivity index (χ4v) is 3.08. The summed E-state index contributed by atoms with van der Waals surface area (Å²) >= 11 is 0. The number of nitrogens with zero attached hydrogens (tertiary/aromatic N) is 2. The maximum atomic E-state index is 12.8. The van der Waals surface area contributed by atoms with Crippen molar-refractivity contribution in [2.75, 3.05) is 44.4 Å². The molecule has 0 saturated carbocycles. The van der Waals surface area contributed by atoms with Gasteiger partial charge in [0, 0.05) is 31.3 Å². The van der Waals surface area contributed by atoms with Crippen LogP contribution in [0.2, 0.25) is 0 Å². The highest BCUT2D eigenvalue weighted by Crippen LogP contribution is 2.40. The van der Waals surface area contributed by atoms with Crippen molar-refractivity contribution in [3.63, 3.8) is 0 Å². The lowest BCUT2D eigenvalue weighted by molar-refractivity contribution is -0.128. The Labute approximate surface area is 148 Å². The molecule has 1 aromatic heterocycles. The van der Waals surface area contributed by atoms with E-state index in [1.807, 2.05) is 0 Å². The molecular weight excluding hydrogens is 345 g/mol. The highest BCUT2D eigenvalue weighted by molar-refractivity contribution is 5.76. The molecular formula is C17H18FN3O5. The summed E-state index contributed by atoms with van der Waals surface area (Å²) in [6.45, 7) is 3.14. The van der Waals surface area contributed by atoms with E-state index >= 15 is 0 Å². The van der Waals surface area contributed by atoms with Gasteiger partial charge in [-0.05, 0) is 12.1 Å². The standard InChI is InChI=1S/C17H18FN3O5/c18-4-11(5-19-16(22)23)6-25-12-1-2-13-14(3-12)26-15(20-13)21-7-17(8-21)9-24-10-17/h1-4,19H,5-10H2,(H,22,23). The van der Waals surface area contributed by atoms with Gasteiger partial charge in [0.2, 0.25) is 0 Å². The lowest BCUT2D eigenvalue weighted by Gasteiger charge is -2.54. The number of rotatable bonds is 6. The summed E-state index contributed by atoms with van der Waals surface area (Å²) in [6, 6.07) is 5.75. The van der Waals surface area contributed by atoms with E-state index in [1.54, 1.807) is 18.2 Å². The molecule has 1 spiro atoms. The molecule has 0 unspecified atom stereocenters. The van der Waals surface area contributed by atoms with Gasteiger partial charge in [0.1, 0.15) is 17.9 Å². The highest BCUT2D eigenvalue weighted by Gasteiger charge is 2.50. The number of oxazole rings is 1. The number of fused-ring (bicyclic) bond motifs is 1. The molecule has 1 amide bonds. The minimum atomic E-state index is -1.22. The molecule has 9 heteroatoms. The number of carboxylic acid groups (broad SMARTS) is 1. The Morgan fingerprint density at radius 3 is 2.92 bits per heavy atom. The summed E-state index contributed by atoms with van der Waals surface area (Å²) in [4.78, 5) is 17.0. The Morgan fingerprint density at radius 2 is 2.27 bits per heavy atom. The summed E-state index contributed by atoms with van der Waals surface area (Å²) in [7, 11) is 0. The topological polar surface area (TPSA) is 97.1 Å². The zero-order valence-electron chi connectivity index (χ0n) is 13.9. The molecule has 0 aliphatic carbocycles. The van der Waals surface area contributed by atoms with Crippen LogP contribution in [0.4, 0.5) is 15.2 Å². The number of hydrogen-bond donors (Lipinski definition) is 2. The molecule has 138 valence electrons. The Hall–Kier alpha value is -2.81. The van der Waals surface area contributed by atoms with E-state index in [-0.39, 0.29) is 24.1 Å².